The van der Waals surface area contributed by atoms with Crippen molar-refractivity contribution in [3.05, 3.63) is 118 Å². The fourth-order valence-corrected chi connectivity index (χ4v) is 12.9. The van der Waals surface area contributed by atoms with Gasteiger partial charge in [0.15, 0.2) is 0 Å². The van der Waals surface area contributed by atoms with Crippen LogP contribution in [0.3, 0.4) is 0 Å². The van der Waals surface area contributed by atoms with E-state index in [4.69, 9.17) is 4.98 Å². The molecule has 0 bridgehead atoms. The van der Waals surface area contributed by atoms with E-state index in [1.807, 2.05) is 11.3 Å². The van der Waals surface area contributed by atoms with Gasteiger partial charge in [-0.15, -0.1) is 11.3 Å². The number of anilines is 6. The van der Waals surface area contributed by atoms with Crippen molar-refractivity contribution in [3.8, 4) is 0 Å². The van der Waals surface area contributed by atoms with Crippen LogP contribution in [0.15, 0.2) is 78.9 Å². The zero-order chi connectivity index (χ0) is 46.1. The van der Waals surface area contributed by atoms with E-state index in [0.717, 1.165) is 11.5 Å². The molecule has 6 aromatic rings. The maximum absolute atomic E-state index is 5.94. The average Bonchev–Trinajstić information content (AvgIpc) is 3.58. The third-order valence-electron chi connectivity index (χ3n) is 16.2. The van der Waals surface area contributed by atoms with Crippen molar-refractivity contribution >= 4 is 78.1 Å². The predicted molar refractivity (Wildman–Crippen MR) is 280 cm³/mol. The minimum Gasteiger partial charge on any atom is -0.310 e. The summed E-state index contributed by atoms with van der Waals surface area (Å²) in [5.74, 6) is 1.08. The minimum absolute atomic E-state index is 0.0132. The Morgan fingerprint density at radius 3 is 1.62 bits per heavy atom. The molecular weight excluding hydrogens is 794 g/mol. The normalized spacial score (nSPS) is 19.2. The van der Waals surface area contributed by atoms with Gasteiger partial charge >= 0.3 is 0 Å². The minimum atomic E-state index is -0.200. The summed E-state index contributed by atoms with van der Waals surface area (Å²) in [4.78, 5) is 11.2. The summed E-state index contributed by atoms with van der Waals surface area (Å²) in [6, 6.07) is 32.1. The number of pyridine rings is 1. The summed E-state index contributed by atoms with van der Waals surface area (Å²) in [5, 5.41) is 1.34. The first-order valence-electron chi connectivity index (χ1n) is 24.3. The molecule has 2 aromatic heterocycles. The highest BCUT2D eigenvalue weighted by Crippen LogP contribution is 2.54. The molecule has 0 amide bonds. The standard InChI is InChI=1S/C59H72BN3S/c1-53(2,3)35-18-21-37(22-19-35)62-46-34-48(55(7,8)9)61-52-49(46)60(51-50(62)39-30-36(54(4,5)6)20-25-47(39)64-51)44-32-42-43(59(16,17)29-28-58(42,14)15)33-45(44)63(52)38-23-24-40-41(31-38)57(12,13)27-26-56(40,10)11/h18-25,30-34H,26-29H2,1-17H3. The van der Waals surface area contributed by atoms with Gasteiger partial charge in [0.1, 0.15) is 5.82 Å². The molecule has 0 atom stereocenters. The molecule has 0 saturated heterocycles. The maximum atomic E-state index is 5.94. The number of fused-ring (bicyclic) bond motifs is 8. The zero-order valence-electron chi connectivity index (χ0n) is 42.2. The fraction of sp³-hybridized carbons (Fsp3) is 0.475. The van der Waals surface area contributed by atoms with E-state index in [9.17, 15) is 0 Å². The lowest BCUT2D eigenvalue weighted by Crippen LogP contribution is -2.61. The molecule has 2 aliphatic carbocycles. The van der Waals surface area contributed by atoms with Gasteiger partial charge in [0.2, 0.25) is 0 Å². The highest BCUT2D eigenvalue weighted by molar-refractivity contribution is 7.33. The van der Waals surface area contributed by atoms with Crippen molar-refractivity contribution in [2.24, 2.45) is 0 Å². The van der Waals surface area contributed by atoms with Crippen molar-refractivity contribution in [2.75, 3.05) is 9.80 Å². The summed E-state index contributed by atoms with van der Waals surface area (Å²) in [5.41, 5.74) is 19.0. The molecule has 64 heavy (non-hydrogen) atoms. The Hall–Kier alpha value is -4.35. The van der Waals surface area contributed by atoms with Crippen molar-refractivity contribution in [3.63, 3.8) is 0 Å². The summed E-state index contributed by atoms with van der Waals surface area (Å²) in [6.07, 6.45) is 4.72. The summed E-state index contributed by atoms with van der Waals surface area (Å²) < 4.78 is 2.76. The third kappa shape index (κ3) is 6.58. The smallest absolute Gasteiger partial charge is 0.266 e. The second-order valence-corrected chi connectivity index (χ2v) is 27.0. The monoisotopic (exact) mass is 866 g/mol. The Bertz CT molecular complexity index is 2900. The first kappa shape index (κ1) is 43.5. The molecule has 0 saturated carbocycles. The highest BCUT2D eigenvalue weighted by Gasteiger charge is 2.49. The van der Waals surface area contributed by atoms with Gasteiger partial charge < -0.3 is 4.90 Å². The SMILES string of the molecule is CC(C)(C)c1ccc(N2c3cc(C(C)(C)C)nc4c3B(c3cc5c(cc3N4c3ccc4c(c3)C(C)(C)CCC4(C)C)C(C)(C)CCC5(C)C)c3sc4ccc(C(C)(C)C)cc4c32)cc1. The van der Waals surface area contributed by atoms with E-state index in [0.29, 0.717) is 0 Å². The van der Waals surface area contributed by atoms with Crippen LogP contribution >= 0.6 is 11.3 Å². The average molecular weight is 866 g/mol. The van der Waals surface area contributed by atoms with Crippen molar-refractivity contribution in [1.82, 2.24) is 4.98 Å². The molecule has 5 heteroatoms. The van der Waals surface area contributed by atoms with Crippen LogP contribution in [0.5, 0.6) is 0 Å². The Kier molecular flexibility index (Phi) is 9.27. The van der Waals surface area contributed by atoms with Crippen molar-refractivity contribution in [2.45, 2.75) is 181 Å². The van der Waals surface area contributed by atoms with Crippen LogP contribution in [-0.2, 0) is 37.9 Å². The molecule has 332 valence electrons. The van der Waals surface area contributed by atoms with Crippen molar-refractivity contribution < 1.29 is 0 Å². The summed E-state index contributed by atoms with van der Waals surface area (Å²) in [7, 11) is 0. The van der Waals surface area contributed by atoms with E-state index in [1.54, 1.807) is 0 Å². The molecule has 4 heterocycles. The lowest BCUT2D eigenvalue weighted by Gasteiger charge is -2.47. The van der Waals surface area contributed by atoms with Gasteiger partial charge in [0.25, 0.3) is 6.71 Å². The van der Waals surface area contributed by atoms with E-state index < -0.39 is 0 Å². The Balaban J connectivity index is 1.36. The van der Waals surface area contributed by atoms with Crippen LogP contribution in [0, 0.1) is 0 Å². The number of thiophene rings is 1. The molecule has 0 radical (unpaired) electrons. The van der Waals surface area contributed by atoms with E-state index in [-0.39, 0.29) is 44.6 Å². The molecule has 10 rings (SSSR count). The molecule has 0 fully saturated rings. The largest absolute Gasteiger partial charge is 0.310 e. The van der Waals surface area contributed by atoms with Gasteiger partial charge in [-0.2, -0.15) is 0 Å². The fourth-order valence-electron chi connectivity index (χ4n) is 11.6. The number of nitrogens with zero attached hydrogens (tertiary/aromatic N) is 3. The third-order valence-corrected chi connectivity index (χ3v) is 17.4. The summed E-state index contributed by atoms with van der Waals surface area (Å²) in [6.45, 7) is 40.8. The van der Waals surface area contributed by atoms with Crippen LogP contribution in [0.25, 0.3) is 10.1 Å². The number of rotatable bonds is 2. The molecule has 3 nitrogen and oxygen atoms in total. The number of hydrogen-bond acceptors (Lipinski definition) is 4. The molecule has 2 aliphatic heterocycles. The topological polar surface area (TPSA) is 19.4 Å². The van der Waals surface area contributed by atoms with Gasteiger partial charge in [-0.1, -0.05) is 148 Å². The molecule has 4 aliphatic rings. The van der Waals surface area contributed by atoms with E-state index >= 15 is 0 Å². The van der Waals surface area contributed by atoms with Gasteiger partial charge in [-0.3, -0.25) is 4.90 Å². The van der Waals surface area contributed by atoms with Crippen LogP contribution < -0.4 is 25.5 Å². The van der Waals surface area contributed by atoms with E-state index in [1.165, 1.54) is 113 Å². The van der Waals surface area contributed by atoms with E-state index in [2.05, 4.69) is 206 Å². The Morgan fingerprint density at radius 2 is 1.05 bits per heavy atom. The second-order valence-electron chi connectivity index (χ2n) is 25.9. The highest BCUT2D eigenvalue weighted by atomic mass is 32.1. The number of hydrogen-bond donors (Lipinski definition) is 0. The Morgan fingerprint density at radius 1 is 0.516 bits per heavy atom. The molecule has 4 aromatic carbocycles. The van der Waals surface area contributed by atoms with Gasteiger partial charge in [-0.25, -0.2) is 4.98 Å². The first-order valence-corrected chi connectivity index (χ1v) is 25.1. The van der Waals surface area contributed by atoms with Gasteiger partial charge in [0.05, 0.1) is 11.4 Å². The zero-order valence-corrected chi connectivity index (χ0v) is 43.0. The lowest BCUT2D eigenvalue weighted by atomic mass is 9.36. The molecule has 0 spiro atoms. The predicted octanol–water partition coefficient (Wildman–Crippen LogP) is 15.0. The molecule has 0 unspecified atom stereocenters. The van der Waals surface area contributed by atoms with Gasteiger partial charge in [0, 0.05) is 43.0 Å². The maximum Gasteiger partial charge on any atom is 0.266 e. The Labute approximate surface area is 390 Å². The lowest BCUT2D eigenvalue weighted by molar-refractivity contribution is 0.332. The van der Waals surface area contributed by atoms with Crippen LogP contribution in [0.4, 0.5) is 34.3 Å². The second kappa shape index (κ2) is 13.6. The number of benzene rings is 4. The molecule has 0 N–H and O–H groups in total. The summed E-state index contributed by atoms with van der Waals surface area (Å²) >= 11 is 2.00. The van der Waals surface area contributed by atoms with Crippen LogP contribution in [0.2, 0.25) is 0 Å². The quantitative estimate of drug-likeness (QED) is 0.161. The molecular formula is C59H72BN3S. The first-order chi connectivity index (χ1) is 29.6. The van der Waals surface area contributed by atoms with Crippen molar-refractivity contribution in [1.29, 1.82) is 0 Å². The van der Waals surface area contributed by atoms with Crippen LogP contribution in [-0.4, -0.2) is 11.7 Å². The van der Waals surface area contributed by atoms with Crippen LogP contribution in [0.1, 0.15) is 182 Å². The van der Waals surface area contributed by atoms with Gasteiger partial charge in [-0.05, 0) is 151 Å². The number of aromatic nitrogens is 1.